The fourth-order valence-corrected chi connectivity index (χ4v) is 2.19. The summed E-state index contributed by atoms with van der Waals surface area (Å²) in [5.74, 6) is -0.712. The third kappa shape index (κ3) is 4.58. The van der Waals surface area contributed by atoms with E-state index in [2.05, 4.69) is 16.2 Å². The Morgan fingerprint density at radius 2 is 1.83 bits per heavy atom. The number of thiocarbonyl (C=S) groups is 1. The van der Waals surface area contributed by atoms with E-state index in [1.54, 1.807) is 0 Å². The van der Waals surface area contributed by atoms with Crippen molar-refractivity contribution >= 4 is 40.5 Å². The molecule has 0 atom stereocenters. The maximum Gasteiger partial charge on any atom is 0.273 e. The highest BCUT2D eigenvalue weighted by atomic mass is 35.5. The molecule has 0 spiro atoms. The molecule has 5 nitrogen and oxygen atoms in total. The van der Waals surface area contributed by atoms with Gasteiger partial charge in [-0.15, -0.1) is 0 Å². The molecule has 0 aromatic heterocycles. The summed E-state index contributed by atoms with van der Waals surface area (Å²) >= 11 is 10.9. The van der Waals surface area contributed by atoms with Crippen LogP contribution < -0.4 is 16.2 Å². The lowest BCUT2D eigenvalue weighted by molar-refractivity contribution is 0.0941. The van der Waals surface area contributed by atoms with Gasteiger partial charge in [0.15, 0.2) is 5.11 Å². The Balaban J connectivity index is 1.94. The zero-order valence-corrected chi connectivity index (χ0v) is 14.2. The van der Waals surface area contributed by atoms with Crippen molar-refractivity contribution in [3.8, 4) is 5.75 Å². The lowest BCUT2D eigenvalue weighted by atomic mass is 10.1. The summed E-state index contributed by atoms with van der Waals surface area (Å²) in [7, 11) is 0. The zero-order chi connectivity index (χ0) is 17.0. The fourth-order valence-electron chi connectivity index (χ4n) is 1.85. The lowest BCUT2D eigenvalue weighted by Gasteiger charge is -2.13. The van der Waals surface area contributed by atoms with Gasteiger partial charge in [-0.2, -0.15) is 0 Å². The van der Waals surface area contributed by atoms with Gasteiger partial charge in [0.25, 0.3) is 5.91 Å². The highest BCUT2D eigenvalue weighted by molar-refractivity contribution is 7.80. The summed E-state index contributed by atoms with van der Waals surface area (Å²) < 4.78 is 0. The highest BCUT2D eigenvalue weighted by Crippen LogP contribution is 2.21. The number of aromatic hydroxyl groups is 1. The first kappa shape index (κ1) is 17.1. The molecular weight excluding hydrogens is 334 g/mol. The van der Waals surface area contributed by atoms with Crippen molar-refractivity contribution in [3.05, 3.63) is 58.1 Å². The van der Waals surface area contributed by atoms with E-state index in [9.17, 15) is 9.90 Å². The van der Waals surface area contributed by atoms with Gasteiger partial charge in [0.1, 0.15) is 5.75 Å². The molecule has 0 aliphatic heterocycles. The third-order valence-electron chi connectivity index (χ3n) is 3.26. The molecule has 120 valence electrons. The van der Waals surface area contributed by atoms with Crippen LogP contribution in [-0.2, 0) is 0 Å². The average Bonchev–Trinajstić information content (AvgIpc) is 2.51. The summed E-state index contributed by atoms with van der Waals surface area (Å²) in [6, 6.07) is 10.0. The molecule has 0 saturated heterocycles. The Bertz CT molecular complexity index is 765. The van der Waals surface area contributed by atoms with E-state index in [4.69, 9.17) is 23.8 Å². The molecule has 0 fully saturated rings. The van der Waals surface area contributed by atoms with E-state index in [0.29, 0.717) is 5.02 Å². The number of benzene rings is 2. The van der Waals surface area contributed by atoms with E-state index < -0.39 is 5.91 Å². The smallest absolute Gasteiger partial charge is 0.273 e. The number of rotatable bonds is 2. The number of anilines is 1. The first-order valence-electron chi connectivity index (χ1n) is 6.80. The molecule has 2 aromatic rings. The maximum atomic E-state index is 12.0. The van der Waals surface area contributed by atoms with Crippen LogP contribution in [0, 0.1) is 13.8 Å². The van der Waals surface area contributed by atoms with Gasteiger partial charge < -0.3 is 10.4 Å². The quantitative estimate of drug-likeness (QED) is 0.494. The second kappa shape index (κ2) is 7.30. The van der Waals surface area contributed by atoms with Gasteiger partial charge >= 0.3 is 0 Å². The molecule has 0 radical (unpaired) electrons. The molecule has 2 rings (SSSR count). The summed E-state index contributed by atoms with van der Waals surface area (Å²) in [6.45, 7) is 4.02. The van der Waals surface area contributed by atoms with Crippen LogP contribution in [-0.4, -0.2) is 16.1 Å². The first-order chi connectivity index (χ1) is 10.9. The van der Waals surface area contributed by atoms with Gasteiger partial charge in [0.2, 0.25) is 0 Å². The molecule has 0 saturated carbocycles. The van der Waals surface area contributed by atoms with E-state index in [1.165, 1.54) is 23.8 Å². The number of amides is 1. The number of nitrogens with one attached hydrogen (secondary N) is 3. The summed E-state index contributed by atoms with van der Waals surface area (Å²) in [5, 5.41) is 13.2. The number of carbonyl (C=O) groups is 1. The number of aryl methyl sites for hydroxylation is 2. The largest absolute Gasteiger partial charge is 0.507 e. The van der Waals surface area contributed by atoms with Crippen molar-refractivity contribution in [1.29, 1.82) is 0 Å². The van der Waals surface area contributed by atoms with Crippen molar-refractivity contribution < 1.29 is 9.90 Å². The molecule has 4 N–H and O–H groups in total. The normalized spacial score (nSPS) is 10.0. The SMILES string of the molecule is Cc1ccc(NC(=S)NNC(=O)c2cc(Cl)ccc2O)cc1C. The van der Waals surface area contributed by atoms with Crippen LogP contribution in [0.2, 0.25) is 5.02 Å². The van der Waals surface area contributed by atoms with Crippen molar-refractivity contribution in [2.75, 3.05) is 5.32 Å². The number of hydrogen-bond acceptors (Lipinski definition) is 3. The predicted molar refractivity (Wildman–Crippen MR) is 95.9 cm³/mol. The number of phenols is 1. The average molecular weight is 350 g/mol. The summed E-state index contributed by atoms with van der Waals surface area (Å²) in [6.07, 6.45) is 0. The molecular formula is C16H16ClN3O2S. The number of hydrogen-bond donors (Lipinski definition) is 4. The summed E-state index contributed by atoms with van der Waals surface area (Å²) in [5.41, 5.74) is 8.15. The number of hydrazine groups is 1. The Morgan fingerprint density at radius 3 is 2.52 bits per heavy atom. The van der Waals surface area contributed by atoms with Gasteiger partial charge in [-0.05, 0) is 67.5 Å². The van der Waals surface area contributed by atoms with Crippen LogP contribution in [0.25, 0.3) is 0 Å². The Hall–Kier alpha value is -2.31. The molecule has 0 bridgehead atoms. The predicted octanol–water partition coefficient (Wildman–Crippen LogP) is 3.29. The fraction of sp³-hybridized carbons (Fsp3) is 0.125. The van der Waals surface area contributed by atoms with Crippen molar-refractivity contribution in [3.63, 3.8) is 0 Å². The van der Waals surface area contributed by atoms with Gasteiger partial charge in [-0.3, -0.25) is 15.6 Å². The lowest BCUT2D eigenvalue weighted by Crippen LogP contribution is -2.43. The van der Waals surface area contributed by atoms with Crippen LogP contribution in [0.3, 0.4) is 0 Å². The van der Waals surface area contributed by atoms with E-state index in [0.717, 1.165) is 11.3 Å². The second-order valence-electron chi connectivity index (χ2n) is 4.99. The van der Waals surface area contributed by atoms with Gasteiger partial charge in [-0.1, -0.05) is 17.7 Å². The Labute approximate surface area is 144 Å². The number of carbonyl (C=O) groups excluding carboxylic acids is 1. The van der Waals surface area contributed by atoms with E-state index in [1.807, 2.05) is 32.0 Å². The monoisotopic (exact) mass is 349 g/mol. The first-order valence-corrected chi connectivity index (χ1v) is 7.58. The molecule has 0 aliphatic rings. The van der Waals surface area contributed by atoms with Crippen molar-refractivity contribution in [2.24, 2.45) is 0 Å². The van der Waals surface area contributed by atoms with Crippen LogP contribution in [0.5, 0.6) is 5.75 Å². The van der Waals surface area contributed by atoms with Crippen molar-refractivity contribution in [2.45, 2.75) is 13.8 Å². The van der Waals surface area contributed by atoms with Crippen LogP contribution in [0.1, 0.15) is 21.5 Å². The minimum Gasteiger partial charge on any atom is -0.507 e. The highest BCUT2D eigenvalue weighted by Gasteiger charge is 2.11. The van der Waals surface area contributed by atoms with Gasteiger partial charge in [-0.25, -0.2) is 0 Å². The second-order valence-corrected chi connectivity index (χ2v) is 5.84. The number of halogens is 1. The van der Waals surface area contributed by atoms with Crippen LogP contribution in [0.4, 0.5) is 5.69 Å². The standard InChI is InChI=1S/C16H16ClN3O2S/c1-9-3-5-12(7-10(9)2)18-16(23)20-19-15(22)13-8-11(17)4-6-14(13)21/h3-8,21H,1-2H3,(H,19,22)(H2,18,20,23). The Kier molecular flexibility index (Phi) is 5.41. The minimum atomic E-state index is -0.547. The van der Waals surface area contributed by atoms with Crippen LogP contribution >= 0.6 is 23.8 Å². The molecule has 0 unspecified atom stereocenters. The summed E-state index contributed by atoms with van der Waals surface area (Å²) in [4.78, 5) is 12.0. The van der Waals surface area contributed by atoms with Gasteiger partial charge in [0, 0.05) is 10.7 Å². The molecule has 23 heavy (non-hydrogen) atoms. The molecule has 7 heteroatoms. The Morgan fingerprint density at radius 1 is 1.09 bits per heavy atom. The third-order valence-corrected chi connectivity index (χ3v) is 3.70. The topological polar surface area (TPSA) is 73.4 Å². The molecule has 0 aliphatic carbocycles. The number of phenolic OH excluding ortho intramolecular Hbond substituents is 1. The van der Waals surface area contributed by atoms with Gasteiger partial charge in [0.05, 0.1) is 5.56 Å². The van der Waals surface area contributed by atoms with E-state index >= 15 is 0 Å². The van der Waals surface area contributed by atoms with Crippen molar-refractivity contribution in [1.82, 2.24) is 10.9 Å². The minimum absolute atomic E-state index is 0.0546. The maximum absolute atomic E-state index is 12.0. The molecule has 0 heterocycles. The molecule has 2 aromatic carbocycles. The molecule has 1 amide bonds. The van der Waals surface area contributed by atoms with Crippen LogP contribution in [0.15, 0.2) is 36.4 Å². The zero-order valence-electron chi connectivity index (χ0n) is 12.6. The van der Waals surface area contributed by atoms with E-state index in [-0.39, 0.29) is 16.4 Å².